The largest absolute Gasteiger partial charge is 0.508 e. The molecule has 0 radical (unpaired) electrons. The Balaban J connectivity index is 1.33. The molecule has 3 amide bonds. The quantitative estimate of drug-likeness (QED) is 0.0832. The Kier molecular flexibility index (Phi) is 10.8. The number of fused-ring (bicyclic) bond motifs is 1. The number of rotatable bonds is 15. The highest BCUT2D eigenvalue weighted by Gasteiger charge is 2.31. The van der Waals surface area contributed by atoms with Crippen molar-refractivity contribution in [3.8, 4) is 5.75 Å². The molecule has 2 heterocycles. The van der Waals surface area contributed by atoms with Crippen LogP contribution in [0.25, 0.3) is 10.9 Å². The summed E-state index contributed by atoms with van der Waals surface area (Å²) in [7, 11) is 0. The van der Waals surface area contributed by atoms with E-state index in [1.54, 1.807) is 42.6 Å². The third-order valence-electron chi connectivity index (χ3n) is 7.97. The molecule has 9 N–H and O–H groups in total. The van der Waals surface area contributed by atoms with Gasteiger partial charge in [0, 0.05) is 48.3 Å². The number of hydrogen-bond acceptors (Lipinski definition) is 7. The molecule has 5 rings (SSSR count). The fraction of sp³-hybridized carbons (Fsp3) is 0.229. The summed E-state index contributed by atoms with van der Waals surface area (Å²) in [6.07, 6.45) is 4.87. The molecule has 0 spiro atoms. The summed E-state index contributed by atoms with van der Waals surface area (Å²) in [5.74, 6) is -3.13. The Bertz CT molecular complexity index is 1840. The maximum Gasteiger partial charge on any atom is 0.326 e. The topological polar surface area (TPSA) is 215 Å². The van der Waals surface area contributed by atoms with Gasteiger partial charge in [-0.15, -0.1) is 0 Å². The number of nitrogens with two attached hydrogens (primary N) is 1. The van der Waals surface area contributed by atoms with Crippen molar-refractivity contribution in [1.82, 2.24) is 30.9 Å². The van der Waals surface area contributed by atoms with Crippen molar-refractivity contribution in [3.05, 3.63) is 120 Å². The smallest absolute Gasteiger partial charge is 0.326 e. The average Bonchev–Trinajstić information content (AvgIpc) is 3.75. The number of carbonyl (C=O) groups excluding carboxylic acids is 3. The first kappa shape index (κ1) is 33.4. The molecule has 0 aliphatic heterocycles. The summed E-state index contributed by atoms with van der Waals surface area (Å²) in [5.41, 5.74) is 9.75. The number of aromatic hydroxyl groups is 1. The number of aromatic amines is 2. The SMILES string of the molecule is NC(Cc1ccc(O)cc1)C(=O)NC(Cc1ccccc1)C(=O)NC(Cc1cnc[nH]1)C(=O)NC(Cc1c[nH]c2ccccc12)C(=O)O. The molecule has 4 unspecified atom stereocenters. The second kappa shape index (κ2) is 15.6. The van der Waals surface area contributed by atoms with Gasteiger partial charge in [-0.25, -0.2) is 9.78 Å². The first-order valence-corrected chi connectivity index (χ1v) is 15.4. The third-order valence-corrected chi connectivity index (χ3v) is 7.97. The van der Waals surface area contributed by atoms with E-state index >= 15 is 0 Å². The zero-order chi connectivity index (χ0) is 34.0. The van der Waals surface area contributed by atoms with Gasteiger partial charge in [0.2, 0.25) is 17.7 Å². The van der Waals surface area contributed by atoms with Crippen molar-refractivity contribution < 1.29 is 29.4 Å². The number of aliphatic carboxylic acids is 1. The van der Waals surface area contributed by atoms with Gasteiger partial charge in [-0.1, -0.05) is 60.7 Å². The molecule has 0 bridgehead atoms. The van der Waals surface area contributed by atoms with E-state index in [4.69, 9.17) is 5.73 Å². The highest BCUT2D eigenvalue weighted by molar-refractivity contribution is 5.94. The van der Waals surface area contributed by atoms with E-state index in [9.17, 15) is 29.4 Å². The summed E-state index contributed by atoms with van der Waals surface area (Å²) in [5, 5.41) is 28.5. The normalized spacial score (nSPS) is 13.6. The molecule has 0 fully saturated rings. The summed E-state index contributed by atoms with van der Waals surface area (Å²) in [6.45, 7) is 0. The Morgan fingerprint density at radius 3 is 2.02 bits per heavy atom. The summed E-state index contributed by atoms with van der Waals surface area (Å²) < 4.78 is 0. The molecule has 0 aliphatic carbocycles. The van der Waals surface area contributed by atoms with E-state index in [0.29, 0.717) is 11.3 Å². The molecule has 13 nitrogen and oxygen atoms in total. The number of phenols is 1. The molecule has 0 aliphatic rings. The minimum absolute atomic E-state index is 0.00141. The van der Waals surface area contributed by atoms with Crippen LogP contribution in [0.1, 0.15) is 22.4 Å². The maximum absolute atomic E-state index is 13.8. The number of imidazole rings is 1. The van der Waals surface area contributed by atoms with Gasteiger partial charge in [0.1, 0.15) is 23.9 Å². The van der Waals surface area contributed by atoms with E-state index in [2.05, 4.69) is 30.9 Å². The van der Waals surface area contributed by atoms with Crippen LogP contribution in [-0.2, 0) is 44.9 Å². The van der Waals surface area contributed by atoms with Gasteiger partial charge >= 0.3 is 5.97 Å². The standard InChI is InChI=1S/C35H37N7O6/c36-27(14-22-10-12-25(43)13-11-22)32(44)40-29(15-21-6-2-1-3-7-21)33(45)41-30(17-24-19-37-20-39-24)34(46)42-31(35(47)48)16-23-18-38-28-9-5-4-8-26(23)28/h1-13,18-20,27,29-31,38,43H,14-17,36H2,(H,37,39)(H,40,44)(H,41,45)(H,42,46)(H,47,48). The number of amides is 3. The number of nitrogens with one attached hydrogen (secondary N) is 5. The van der Waals surface area contributed by atoms with Crippen LogP contribution in [0.5, 0.6) is 5.75 Å². The number of carbonyl (C=O) groups is 4. The number of benzene rings is 3. The Morgan fingerprint density at radius 1 is 0.708 bits per heavy atom. The molecule has 13 heteroatoms. The predicted molar refractivity (Wildman–Crippen MR) is 178 cm³/mol. The summed E-state index contributed by atoms with van der Waals surface area (Å²) in [4.78, 5) is 63.1. The van der Waals surface area contributed by atoms with Gasteiger partial charge in [0.25, 0.3) is 0 Å². The van der Waals surface area contributed by atoms with Gasteiger partial charge in [0.05, 0.1) is 12.4 Å². The number of hydrogen-bond donors (Lipinski definition) is 8. The number of para-hydroxylation sites is 1. The Morgan fingerprint density at radius 2 is 1.33 bits per heavy atom. The molecular formula is C35H37N7O6. The van der Waals surface area contributed by atoms with Gasteiger partial charge in [0.15, 0.2) is 0 Å². The van der Waals surface area contributed by atoms with Crippen molar-refractivity contribution in [3.63, 3.8) is 0 Å². The Hall–Kier alpha value is -5.95. The number of carboxylic acids is 1. The van der Waals surface area contributed by atoms with Gasteiger partial charge in [-0.2, -0.15) is 0 Å². The summed E-state index contributed by atoms with van der Waals surface area (Å²) >= 11 is 0. The van der Waals surface area contributed by atoms with E-state index < -0.39 is 47.9 Å². The first-order chi connectivity index (χ1) is 23.2. The molecule has 48 heavy (non-hydrogen) atoms. The van der Waals surface area contributed by atoms with Crippen molar-refractivity contribution in [1.29, 1.82) is 0 Å². The lowest BCUT2D eigenvalue weighted by Crippen LogP contribution is -2.58. The zero-order valence-corrected chi connectivity index (χ0v) is 25.9. The van der Waals surface area contributed by atoms with Crippen molar-refractivity contribution in [2.75, 3.05) is 0 Å². The fourth-order valence-electron chi connectivity index (χ4n) is 5.41. The van der Waals surface area contributed by atoms with Gasteiger partial charge in [-0.05, 0) is 41.3 Å². The molecule has 2 aromatic heterocycles. The second-order valence-electron chi connectivity index (χ2n) is 11.5. The fourth-order valence-corrected chi connectivity index (χ4v) is 5.41. The average molecular weight is 652 g/mol. The molecule has 0 saturated heterocycles. The lowest BCUT2D eigenvalue weighted by molar-refractivity contribution is -0.142. The van der Waals surface area contributed by atoms with Crippen LogP contribution < -0.4 is 21.7 Å². The van der Waals surface area contributed by atoms with E-state index in [0.717, 1.165) is 22.0 Å². The number of phenolic OH excluding ortho intramolecular Hbond substituents is 1. The maximum atomic E-state index is 13.8. The van der Waals surface area contributed by atoms with E-state index in [-0.39, 0.29) is 31.4 Å². The third kappa shape index (κ3) is 8.85. The van der Waals surface area contributed by atoms with Crippen LogP contribution in [-0.4, -0.2) is 73.0 Å². The lowest BCUT2D eigenvalue weighted by Gasteiger charge is -2.25. The van der Waals surface area contributed by atoms with E-state index in [1.807, 2.05) is 30.3 Å². The first-order valence-electron chi connectivity index (χ1n) is 15.4. The van der Waals surface area contributed by atoms with Gasteiger partial charge in [-0.3, -0.25) is 14.4 Å². The predicted octanol–water partition coefficient (Wildman–Crippen LogP) is 1.73. The zero-order valence-electron chi connectivity index (χ0n) is 25.9. The van der Waals surface area contributed by atoms with Crippen molar-refractivity contribution in [2.24, 2.45) is 5.73 Å². The second-order valence-corrected chi connectivity index (χ2v) is 11.5. The van der Waals surface area contributed by atoms with Crippen LogP contribution in [0.2, 0.25) is 0 Å². The minimum atomic E-state index is -1.30. The molecular weight excluding hydrogens is 614 g/mol. The van der Waals surface area contributed by atoms with Gasteiger partial charge < -0.3 is 41.9 Å². The summed E-state index contributed by atoms with van der Waals surface area (Å²) in [6, 6.07) is 18.1. The van der Waals surface area contributed by atoms with Crippen LogP contribution in [0.4, 0.5) is 0 Å². The number of H-pyrrole nitrogens is 2. The number of nitrogens with zero attached hydrogens (tertiary/aromatic N) is 1. The minimum Gasteiger partial charge on any atom is -0.508 e. The molecule has 3 aromatic carbocycles. The highest BCUT2D eigenvalue weighted by atomic mass is 16.4. The van der Waals surface area contributed by atoms with Crippen LogP contribution in [0.15, 0.2) is 97.6 Å². The number of aromatic nitrogens is 3. The molecule has 0 saturated carbocycles. The monoisotopic (exact) mass is 651 g/mol. The van der Waals surface area contributed by atoms with Crippen LogP contribution in [0.3, 0.4) is 0 Å². The highest BCUT2D eigenvalue weighted by Crippen LogP contribution is 2.19. The van der Waals surface area contributed by atoms with Crippen molar-refractivity contribution in [2.45, 2.75) is 49.9 Å². The van der Waals surface area contributed by atoms with Crippen LogP contribution in [0, 0.1) is 0 Å². The molecule has 248 valence electrons. The molecule has 5 aromatic rings. The lowest BCUT2D eigenvalue weighted by atomic mass is 10.0. The number of carboxylic acid groups (broad SMARTS) is 1. The molecule has 4 atom stereocenters. The van der Waals surface area contributed by atoms with Crippen molar-refractivity contribution >= 4 is 34.6 Å². The van der Waals surface area contributed by atoms with Crippen LogP contribution >= 0.6 is 0 Å². The van der Waals surface area contributed by atoms with E-state index in [1.165, 1.54) is 24.7 Å². The Labute approximate surface area is 276 Å².